The Balaban J connectivity index is 1.77. The van der Waals surface area contributed by atoms with E-state index in [4.69, 9.17) is 4.74 Å². The van der Waals surface area contributed by atoms with Crippen LogP contribution in [0.2, 0.25) is 0 Å². The lowest BCUT2D eigenvalue weighted by molar-refractivity contribution is 0.0492. The van der Waals surface area contributed by atoms with Gasteiger partial charge in [0.2, 0.25) is 0 Å². The van der Waals surface area contributed by atoms with Gasteiger partial charge in [0.15, 0.2) is 0 Å². The molecule has 0 aliphatic heterocycles. The third-order valence-electron chi connectivity index (χ3n) is 2.48. The van der Waals surface area contributed by atoms with E-state index in [1.807, 2.05) is 10.8 Å². The first-order valence-corrected chi connectivity index (χ1v) is 5.68. The summed E-state index contributed by atoms with van der Waals surface area (Å²) in [6.45, 7) is 1.05. The largest absolute Gasteiger partial charge is 0.507 e. The second-order valence-electron chi connectivity index (χ2n) is 3.81. The Kier molecular flexibility index (Phi) is 3.96. The SMILES string of the molecule is O=C(OCCCn1ccnc1)c1ccccc1O. The van der Waals surface area contributed by atoms with Crippen LogP contribution in [0.4, 0.5) is 0 Å². The molecule has 0 atom stereocenters. The van der Waals surface area contributed by atoms with Crippen molar-refractivity contribution in [2.45, 2.75) is 13.0 Å². The number of hydrogen-bond donors (Lipinski definition) is 1. The summed E-state index contributed by atoms with van der Waals surface area (Å²) in [5.41, 5.74) is 0.195. The molecule has 2 rings (SSSR count). The summed E-state index contributed by atoms with van der Waals surface area (Å²) >= 11 is 0. The van der Waals surface area contributed by atoms with E-state index in [9.17, 15) is 9.90 Å². The van der Waals surface area contributed by atoms with Crippen LogP contribution >= 0.6 is 0 Å². The van der Waals surface area contributed by atoms with E-state index in [0.717, 1.165) is 6.54 Å². The van der Waals surface area contributed by atoms with Gasteiger partial charge in [0.1, 0.15) is 11.3 Å². The molecule has 5 nitrogen and oxygen atoms in total. The van der Waals surface area contributed by atoms with E-state index >= 15 is 0 Å². The number of aryl methyl sites for hydroxylation is 1. The zero-order valence-corrected chi connectivity index (χ0v) is 9.82. The number of aromatic hydroxyl groups is 1. The number of rotatable bonds is 5. The van der Waals surface area contributed by atoms with Gasteiger partial charge in [-0.2, -0.15) is 0 Å². The Morgan fingerprint density at radius 1 is 1.39 bits per heavy atom. The van der Waals surface area contributed by atoms with Crippen LogP contribution < -0.4 is 0 Å². The van der Waals surface area contributed by atoms with E-state index in [-0.39, 0.29) is 11.3 Å². The molecular formula is C13H14N2O3. The highest BCUT2D eigenvalue weighted by atomic mass is 16.5. The molecule has 0 bridgehead atoms. The third kappa shape index (κ3) is 3.10. The highest BCUT2D eigenvalue weighted by molar-refractivity contribution is 5.92. The van der Waals surface area contributed by atoms with Crippen LogP contribution in [0.5, 0.6) is 5.75 Å². The first-order valence-electron chi connectivity index (χ1n) is 5.68. The predicted octanol–water partition coefficient (Wildman–Crippen LogP) is 1.84. The molecule has 1 aromatic heterocycles. The molecule has 18 heavy (non-hydrogen) atoms. The summed E-state index contributed by atoms with van der Waals surface area (Å²) in [5, 5.41) is 9.47. The molecule has 0 aliphatic rings. The van der Waals surface area contributed by atoms with Gasteiger partial charge >= 0.3 is 5.97 Å². The lowest BCUT2D eigenvalue weighted by atomic mass is 10.2. The number of aromatic nitrogens is 2. The van der Waals surface area contributed by atoms with Gasteiger partial charge in [-0.25, -0.2) is 9.78 Å². The second kappa shape index (κ2) is 5.86. The van der Waals surface area contributed by atoms with Crippen molar-refractivity contribution in [3.05, 3.63) is 48.5 Å². The Bertz CT molecular complexity index is 509. The van der Waals surface area contributed by atoms with Crippen molar-refractivity contribution in [2.24, 2.45) is 0 Å². The summed E-state index contributed by atoms with van der Waals surface area (Å²) in [4.78, 5) is 15.5. The molecule has 0 aliphatic carbocycles. The monoisotopic (exact) mass is 246 g/mol. The van der Waals surface area contributed by atoms with Crippen molar-refractivity contribution in [1.82, 2.24) is 9.55 Å². The number of hydrogen-bond acceptors (Lipinski definition) is 4. The van der Waals surface area contributed by atoms with Crippen molar-refractivity contribution in [1.29, 1.82) is 0 Å². The quantitative estimate of drug-likeness (QED) is 0.645. The van der Waals surface area contributed by atoms with Crippen molar-refractivity contribution in [2.75, 3.05) is 6.61 Å². The average Bonchev–Trinajstić information content (AvgIpc) is 2.88. The highest BCUT2D eigenvalue weighted by Gasteiger charge is 2.10. The van der Waals surface area contributed by atoms with Gasteiger partial charge in [-0.15, -0.1) is 0 Å². The molecule has 5 heteroatoms. The number of benzene rings is 1. The van der Waals surface area contributed by atoms with Gasteiger partial charge in [0.25, 0.3) is 0 Å². The number of phenolic OH excluding ortho intramolecular Hbond substituents is 1. The zero-order valence-electron chi connectivity index (χ0n) is 9.82. The van der Waals surface area contributed by atoms with Crippen molar-refractivity contribution >= 4 is 5.97 Å². The Morgan fingerprint density at radius 2 is 2.22 bits per heavy atom. The molecule has 0 saturated carbocycles. The van der Waals surface area contributed by atoms with Gasteiger partial charge in [0.05, 0.1) is 12.9 Å². The second-order valence-corrected chi connectivity index (χ2v) is 3.81. The van der Waals surface area contributed by atoms with Crippen LogP contribution in [0.15, 0.2) is 43.0 Å². The molecule has 1 heterocycles. The summed E-state index contributed by atoms with van der Waals surface area (Å²) in [7, 11) is 0. The van der Waals surface area contributed by atoms with Gasteiger partial charge in [-0.05, 0) is 18.6 Å². The normalized spacial score (nSPS) is 10.2. The number of nitrogens with zero attached hydrogens (tertiary/aromatic N) is 2. The summed E-state index contributed by atoms with van der Waals surface area (Å²) in [6.07, 6.45) is 5.97. The number of phenols is 1. The molecular weight excluding hydrogens is 232 g/mol. The van der Waals surface area contributed by atoms with Gasteiger partial charge < -0.3 is 14.4 Å². The molecule has 0 radical (unpaired) electrons. The molecule has 0 fully saturated rings. The fraction of sp³-hybridized carbons (Fsp3) is 0.231. The van der Waals surface area contributed by atoms with E-state index < -0.39 is 5.97 Å². The standard InChI is InChI=1S/C13H14N2O3/c16-12-5-2-1-4-11(12)13(17)18-9-3-7-15-8-6-14-10-15/h1-2,4-6,8,10,16H,3,7,9H2. The average molecular weight is 246 g/mol. The van der Waals surface area contributed by atoms with E-state index in [2.05, 4.69) is 4.98 Å². The summed E-state index contributed by atoms with van der Waals surface area (Å²) in [5.74, 6) is -0.559. The maximum absolute atomic E-state index is 11.6. The topological polar surface area (TPSA) is 64.4 Å². The number of ether oxygens (including phenoxy) is 1. The van der Waals surface area contributed by atoms with E-state index in [0.29, 0.717) is 13.0 Å². The van der Waals surface area contributed by atoms with Gasteiger partial charge in [0, 0.05) is 18.9 Å². The maximum Gasteiger partial charge on any atom is 0.341 e. The lowest BCUT2D eigenvalue weighted by Crippen LogP contribution is -2.08. The Hall–Kier alpha value is -2.30. The number of esters is 1. The van der Waals surface area contributed by atoms with Crippen molar-refractivity contribution < 1.29 is 14.6 Å². The van der Waals surface area contributed by atoms with Gasteiger partial charge in [-0.1, -0.05) is 12.1 Å². The predicted molar refractivity (Wildman–Crippen MR) is 65.2 cm³/mol. The van der Waals surface area contributed by atoms with Crippen LogP contribution in [-0.4, -0.2) is 27.2 Å². The fourth-order valence-electron chi connectivity index (χ4n) is 1.55. The minimum atomic E-state index is -0.501. The molecule has 2 aromatic rings. The third-order valence-corrected chi connectivity index (χ3v) is 2.48. The first kappa shape index (κ1) is 12.2. The first-order chi connectivity index (χ1) is 8.77. The molecule has 94 valence electrons. The smallest absolute Gasteiger partial charge is 0.341 e. The Morgan fingerprint density at radius 3 is 2.94 bits per heavy atom. The molecule has 0 unspecified atom stereocenters. The van der Waals surface area contributed by atoms with Crippen LogP contribution in [0, 0.1) is 0 Å². The summed E-state index contributed by atoms with van der Waals surface area (Å²) < 4.78 is 6.99. The minimum Gasteiger partial charge on any atom is -0.507 e. The fourth-order valence-corrected chi connectivity index (χ4v) is 1.55. The highest BCUT2D eigenvalue weighted by Crippen LogP contribution is 2.16. The van der Waals surface area contributed by atoms with E-state index in [1.165, 1.54) is 12.1 Å². The Labute approximate surface area is 105 Å². The van der Waals surface area contributed by atoms with Crippen molar-refractivity contribution in [3.8, 4) is 5.75 Å². The number of para-hydroxylation sites is 1. The van der Waals surface area contributed by atoms with Crippen LogP contribution in [0.3, 0.4) is 0 Å². The maximum atomic E-state index is 11.6. The summed E-state index contributed by atoms with van der Waals surface area (Å²) in [6, 6.07) is 6.34. The number of carbonyl (C=O) groups excluding carboxylic acids is 1. The van der Waals surface area contributed by atoms with Crippen LogP contribution in [0.25, 0.3) is 0 Å². The molecule has 0 spiro atoms. The van der Waals surface area contributed by atoms with Crippen molar-refractivity contribution in [3.63, 3.8) is 0 Å². The molecule has 1 aromatic carbocycles. The van der Waals surface area contributed by atoms with Crippen LogP contribution in [0.1, 0.15) is 16.8 Å². The van der Waals surface area contributed by atoms with E-state index in [1.54, 1.807) is 24.7 Å². The number of carbonyl (C=O) groups is 1. The minimum absolute atomic E-state index is 0.0582. The van der Waals surface area contributed by atoms with Gasteiger partial charge in [-0.3, -0.25) is 0 Å². The van der Waals surface area contributed by atoms with Crippen LogP contribution in [-0.2, 0) is 11.3 Å². The molecule has 1 N–H and O–H groups in total. The lowest BCUT2D eigenvalue weighted by Gasteiger charge is -2.06. The zero-order chi connectivity index (χ0) is 12.8. The molecule has 0 saturated heterocycles. The number of imidazole rings is 1. The molecule has 0 amide bonds.